The van der Waals surface area contributed by atoms with E-state index in [-0.39, 0.29) is 0 Å². The minimum Gasteiger partial charge on any atom is -0.487 e. The quantitative estimate of drug-likeness (QED) is 0.572. The highest BCUT2D eigenvalue weighted by Gasteiger charge is 2.10. The first-order chi connectivity index (χ1) is 13.8. The first kappa shape index (κ1) is 22.4. The van der Waals surface area contributed by atoms with Crippen LogP contribution in [-0.4, -0.2) is 78.4 Å². The van der Waals surface area contributed by atoms with Crippen LogP contribution in [0, 0.1) is 0 Å². The molecule has 0 fully saturated rings. The third-order valence-electron chi connectivity index (χ3n) is 3.78. The molecule has 1 aliphatic heterocycles. The molecule has 2 rings (SSSR count). The summed E-state index contributed by atoms with van der Waals surface area (Å²) in [5.41, 5.74) is 1.67. The lowest BCUT2D eigenvalue weighted by atomic mass is 10.1. The van der Waals surface area contributed by atoms with E-state index in [1.54, 1.807) is 0 Å². The molecule has 1 aromatic carbocycles. The number of benzene rings is 1. The molecule has 0 aromatic heterocycles. The molecule has 0 atom stereocenters. The van der Waals surface area contributed by atoms with Crippen LogP contribution in [0.25, 0.3) is 0 Å². The SMILES string of the molecule is CCON=C(C)c1ccc2c(c1)OCCOCCOCCOCCOCCO2. The Morgan fingerprint density at radius 2 is 1.29 bits per heavy atom. The summed E-state index contributed by atoms with van der Waals surface area (Å²) in [7, 11) is 0. The first-order valence-electron chi connectivity index (χ1n) is 9.68. The van der Waals surface area contributed by atoms with Gasteiger partial charge in [-0.2, -0.15) is 0 Å². The maximum absolute atomic E-state index is 5.88. The van der Waals surface area contributed by atoms with Crippen molar-refractivity contribution >= 4 is 5.71 Å². The lowest BCUT2D eigenvalue weighted by molar-refractivity contribution is -0.00841. The highest BCUT2D eigenvalue weighted by molar-refractivity contribution is 5.98. The van der Waals surface area contributed by atoms with Crippen LogP contribution in [0.4, 0.5) is 0 Å². The molecule has 0 saturated carbocycles. The first-order valence-corrected chi connectivity index (χ1v) is 9.68. The largest absolute Gasteiger partial charge is 0.487 e. The predicted molar refractivity (Wildman–Crippen MR) is 105 cm³/mol. The van der Waals surface area contributed by atoms with Crippen molar-refractivity contribution < 1.29 is 33.3 Å². The molecule has 1 aromatic rings. The normalized spacial score (nSPS) is 18.7. The molecule has 1 heterocycles. The molecule has 8 heteroatoms. The third kappa shape index (κ3) is 8.88. The molecule has 0 amide bonds. The maximum atomic E-state index is 5.88. The van der Waals surface area contributed by atoms with Crippen LogP contribution in [0.15, 0.2) is 23.4 Å². The van der Waals surface area contributed by atoms with Gasteiger partial charge < -0.3 is 33.3 Å². The fraction of sp³-hybridized carbons (Fsp3) is 0.650. The van der Waals surface area contributed by atoms with Gasteiger partial charge in [-0.05, 0) is 32.0 Å². The van der Waals surface area contributed by atoms with Crippen LogP contribution in [0.3, 0.4) is 0 Å². The number of hydrogen-bond donors (Lipinski definition) is 0. The molecular weight excluding hydrogens is 366 g/mol. The summed E-state index contributed by atoms with van der Waals surface area (Å²) in [6, 6.07) is 5.68. The second kappa shape index (κ2) is 14.2. The Morgan fingerprint density at radius 1 is 0.786 bits per heavy atom. The fourth-order valence-corrected chi connectivity index (χ4v) is 2.36. The topological polar surface area (TPSA) is 77.0 Å². The zero-order valence-electron chi connectivity index (χ0n) is 16.8. The summed E-state index contributed by atoms with van der Waals surface area (Å²) in [6.07, 6.45) is 0. The van der Waals surface area contributed by atoms with Crippen LogP contribution in [0.1, 0.15) is 19.4 Å². The van der Waals surface area contributed by atoms with Crippen molar-refractivity contribution in [2.75, 3.05) is 72.7 Å². The second-order valence-electron chi connectivity index (χ2n) is 5.90. The monoisotopic (exact) mass is 397 g/mol. The number of nitrogens with zero attached hydrogens (tertiary/aromatic N) is 1. The number of hydrogen-bond acceptors (Lipinski definition) is 8. The van der Waals surface area contributed by atoms with Gasteiger partial charge in [0, 0.05) is 5.56 Å². The molecular formula is C20H31NO7. The summed E-state index contributed by atoms with van der Waals surface area (Å²) in [4.78, 5) is 5.13. The van der Waals surface area contributed by atoms with Crippen LogP contribution in [-0.2, 0) is 23.8 Å². The van der Waals surface area contributed by atoms with Crippen molar-refractivity contribution in [1.29, 1.82) is 0 Å². The van der Waals surface area contributed by atoms with Gasteiger partial charge in [-0.3, -0.25) is 0 Å². The molecule has 28 heavy (non-hydrogen) atoms. The van der Waals surface area contributed by atoms with E-state index in [0.29, 0.717) is 84.2 Å². The van der Waals surface area contributed by atoms with Crippen molar-refractivity contribution in [1.82, 2.24) is 0 Å². The number of oxime groups is 1. The summed E-state index contributed by atoms with van der Waals surface area (Å²) in [5, 5.41) is 4.07. The Kier molecular flexibility index (Phi) is 11.3. The van der Waals surface area contributed by atoms with Gasteiger partial charge in [0.25, 0.3) is 0 Å². The third-order valence-corrected chi connectivity index (χ3v) is 3.78. The average Bonchev–Trinajstić information content (AvgIpc) is 2.71. The molecule has 8 nitrogen and oxygen atoms in total. The second-order valence-corrected chi connectivity index (χ2v) is 5.90. The van der Waals surface area contributed by atoms with E-state index >= 15 is 0 Å². The van der Waals surface area contributed by atoms with Crippen LogP contribution in [0.2, 0.25) is 0 Å². The van der Waals surface area contributed by atoms with Crippen LogP contribution < -0.4 is 9.47 Å². The maximum Gasteiger partial charge on any atom is 0.161 e. The minimum atomic E-state index is 0.404. The van der Waals surface area contributed by atoms with Crippen molar-refractivity contribution in [3.05, 3.63) is 23.8 Å². The van der Waals surface area contributed by atoms with E-state index in [0.717, 1.165) is 11.3 Å². The van der Waals surface area contributed by atoms with E-state index in [4.69, 9.17) is 33.3 Å². The van der Waals surface area contributed by atoms with E-state index < -0.39 is 0 Å². The average molecular weight is 397 g/mol. The van der Waals surface area contributed by atoms with Gasteiger partial charge in [0.1, 0.15) is 19.8 Å². The van der Waals surface area contributed by atoms with E-state index in [9.17, 15) is 0 Å². The zero-order valence-corrected chi connectivity index (χ0v) is 16.8. The molecule has 0 spiro atoms. The highest BCUT2D eigenvalue weighted by Crippen LogP contribution is 2.29. The molecule has 0 saturated heterocycles. The van der Waals surface area contributed by atoms with E-state index in [1.807, 2.05) is 32.0 Å². The molecule has 0 bridgehead atoms. The molecule has 0 aliphatic carbocycles. The smallest absolute Gasteiger partial charge is 0.161 e. The highest BCUT2D eigenvalue weighted by atomic mass is 16.6. The Hall–Kier alpha value is -1.87. The van der Waals surface area contributed by atoms with Gasteiger partial charge in [-0.25, -0.2) is 0 Å². The van der Waals surface area contributed by atoms with Gasteiger partial charge in [-0.1, -0.05) is 5.16 Å². The summed E-state index contributed by atoms with van der Waals surface area (Å²) in [6.45, 7) is 9.22. The Balaban J connectivity index is 1.99. The van der Waals surface area contributed by atoms with Gasteiger partial charge in [-0.15, -0.1) is 0 Å². The Morgan fingerprint density at radius 3 is 1.82 bits per heavy atom. The standard InChI is InChI=1S/C20H31NO7/c1-3-28-21-17(2)18-4-5-19-20(16-18)27-15-13-25-11-9-23-7-6-22-8-10-24-12-14-26-19/h4-5,16H,3,6-15H2,1-2H3. The van der Waals surface area contributed by atoms with Gasteiger partial charge >= 0.3 is 0 Å². The van der Waals surface area contributed by atoms with Crippen molar-refractivity contribution in [2.24, 2.45) is 5.16 Å². The Labute approximate surface area is 166 Å². The number of ether oxygens (including phenoxy) is 6. The van der Waals surface area contributed by atoms with Crippen LogP contribution in [0.5, 0.6) is 11.5 Å². The summed E-state index contributed by atoms with van der Waals surface area (Å²) < 4.78 is 33.6. The molecule has 0 radical (unpaired) electrons. The predicted octanol–water partition coefficient (Wildman–Crippen LogP) is 2.28. The van der Waals surface area contributed by atoms with Crippen molar-refractivity contribution in [2.45, 2.75) is 13.8 Å². The lowest BCUT2D eigenvalue weighted by Crippen LogP contribution is -2.16. The molecule has 158 valence electrons. The zero-order chi connectivity index (χ0) is 19.9. The lowest BCUT2D eigenvalue weighted by Gasteiger charge is -2.15. The summed E-state index contributed by atoms with van der Waals surface area (Å²) >= 11 is 0. The van der Waals surface area contributed by atoms with E-state index in [1.165, 1.54) is 0 Å². The number of rotatable bonds is 3. The summed E-state index contributed by atoms with van der Waals surface area (Å²) in [5.74, 6) is 1.28. The van der Waals surface area contributed by atoms with Crippen LogP contribution >= 0.6 is 0 Å². The molecule has 0 unspecified atom stereocenters. The van der Waals surface area contributed by atoms with Crippen molar-refractivity contribution in [3.8, 4) is 11.5 Å². The van der Waals surface area contributed by atoms with Gasteiger partial charge in [0.2, 0.25) is 0 Å². The van der Waals surface area contributed by atoms with Gasteiger partial charge in [0.05, 0.1) is 58.6 Å². The molecule has 0 N–H and O–H groups in total. The van der Waals surface area contributed by atoms with E-state index in [2.05, 4.69) is 5.16 Å². The minimum absolute atomic E-state index is 0.404. The van der Waals surface area contributed by atoms with Gasteiger partial charge in [0.15, 0.2) is 11.5 Å². The fourth-order valence-electron chi connectivity index (χ4n) is 2.36. The molecule has 1 aliphatic rings. The van der Waals surface area contributed by atoms with Crippen molar-refractivity contribution in [3.63, 3.8) is 0 Å². The Bertz CT molecular complexity index is 580. The number of fused-ring (bicyclic) bond motifs is 1.